The lowest BCUT2D eigenvalue weighted by molar-refractivity contribution is -0.142. The van der Waals surface area contributed by atoms with Crippen molar-refractivity contribution in [2.45, 2.75) is 32.6 Å². The van der Waals surface area contributed by atoms with Gasteiger partial charge in [-0.05, 0) is 25.5 Å². The number of carboxylic acid groups (broad SMARTS) is 1. The number of furan rings is 1. The van der Waals surface area contributed by atoms with Crippen molar-refractivity contribution in [3.63, 3.8) is 0 Å². The van der Waals surface area contributed by atoms with Crippen molar-refractivity contribution < 1.29 is 19.1 Å². The molecule has 1 heterocycles. The van der Waals surface area contributed by atoms with Crippen molar-refractivity contribution in [1.82, 2.24) is 5.32 Å². The van der Waals surface area contributed by atoms with Crippen molar-refractivity contribution in [3.05, 3.63) is 36.1 Å². The highest BCUT2D eigenvalue weighted by Crippen LogP contribution is 2.25. The van der Waals surface area contributed by atoms with E-state index in [4.69, 9.17) is 9.52 Å². The number of rotatable bonds is 7. The first kappa shape index (κ1) is 16.1. The van der Waals surface area contributed by atoms with Crippen molar-refractivity contribution >= 4 is 22.8 Å². The number of fused-ring (bicyclic) bond motifs is 1. The van der Waals surface area contributed by atoms with E-state index in [9.17, 15) is 9.59 Å². The summed E-state index contributed by atoms with van der Waals surface area (Å²) in [5.74, 6) is -1.51. The third-order valence-electron chi connectivity index (χ3n) is 3.77. The van der Waals surface area contributed by atoms with E-state index >= 15 is 0 Å². The maximum absolute atomic E-state index is 12.2. The van der Waals surface area contributed by atoms with Crippen LogP contribution in [0.4, 0.5) is 0 Å². The van der Waals surface area contributed by atoms with Gasteiger partial charge in [0.2, 0.25) is 5.91 Å². The predicted molar refractivity (Wildman–Crippen MR) is 83.7 cm³/mol. The minimum absolute atomic E-state index is 0.145. The van der Waals surface area contributed by atoms with Crippen LogP contribution in [0.15, 0.2) is 34.7 Å². The average molecular weight is 303 g/mol. The van der Waals surface area contributed by atoms with Crippen molar-refractivity contribution in [3.8, 4) is 0 Å². The molecular formula is C17H21NO4. The maximum atomic E-state index is 12.2. The fourth-order valence-electron chi connectivity index (χ4n) is 2.38. The van der Waals surface area contributed by atoms with Gasteiger partial charge >= 0.3 is 5.97 Å². The van der Waals surface area contributed by atoms with Gasteiger partial charge in [-0.1, -0.05) is 31.5 Å². The number of nitrogens with one attached hydrogen (secondary N) is 1. The van der Waals surface area contributed by atoms with Crippen LogP contribution in [0.3, 0.4) is 0 Å². The molecule has 2 aromatic rings. The summed E-state index contributed by atoms with van der Waals surface area (Å²) in [6.07, 6.45) is 1.32. The zero-order valence-electron chi connectivity index (χ0n) is 12.8. The molecule has 0 spiro atoms. The van der Waals surface area contributed by atoms with E-state index in [1.165, 1.54) is 0 Å². The lowest BCUT2D eigenvalue weighted by Gasteiger charge is -2.14. The number of amides is 1. The van der Waals surface area contributed by atoms with Gasteiger partial charge in [0.15, 0.2) is 0 Å². The van der Waals surface area contributed by atoms with Crippen LogP contribution in [0.1, 0.15) is 38.4 Å². The molecule has 2 unspecified atom stereocenters. The number of carboxylic acids is 1. The summed E-state index contributed by atoms with van der Waals surface area (Å²) in [6.45, 7) is 3.82. The molecule has 22 heavy (non-hydrogen) atoms. The molecule has 0 aliphatic heterocycles. The molecule has 2 N–H and O–H groups in total. The van der Waals surface area contributed by atoms with E-state index in [1.54, 1.807) is 6.92 Å². The lowest BCUT2D eigenvalue weighted by atomic mass is 10.0. The first-order valence-electron chi connectivity index (χ1n) is 7.52. The minimum atomic E-state index is -0.876. The molecule has 0 radical (unpaired) electrons. The van der Waals surface area contributed by atoms with Crippen LogP contribution in [-0.4, -0.2) is 23.5 Å². The first-order chi connectivity index (χ1) is 10.5. The molecule has 0 saturated heterocycles. The number of hydrogen-bond donors (Lipinski definition) is 2. The van der Waals surface area contributed by atoms with E-state index in [0.29, 0.717) is 12.2 Å². The van der Waals surface area contributed by atoms with Gasteiger partial charge in [0, 0.05) is 11.9 Å². The van der Waals surface area contributed by atoms with Crippen LogP contribution in [0.25, 0.3) is 11.0 Å². The molecule has 1 amide bonds. The molecule has 5 nitrogen and oxygen atoms in total. The van der Waals surface area contributed by atoms with Gasteiger partial charge in [-0.3, -0.25) is 9.59 Å². The Morgan fingerprint density at radius 3 is 2.68 bits per heavy atom. The summed E-state index contributed by atoms with van der Waals surface area (Å²) in [4.78, 5) is 23.3. The van der Waals surface area contributed by atoms with Crippen molar-refractivity contribution in [1.29, 1.82) is 0 Å². The van der Waals surface area contributed by atoms with Gasteiger partial charge in [0.1, 0.15) is 11.3 Å². The number of carbonyl (C=O) groups is 2. The fraction of sp³-hybridized carbons (Fsp3) is 0.412. The molecule has 1 aromatic heterocycles. The Hall–Kier alpha value is -2.30. The van der Waals surface area contributed by atoms with Gasteiger partial charge < -0.3 is 14.8 Å². The van der Waals surface area contributed by atoms with Crippen LogP contribution in [0.5, 0.6) is 0 Å². The standard InChI is InChI=1S/C17H21NO4/c1-3-6-13(17(20)21)10-18-16(19)11(2)15-9-12-7-4-5-8-14(12)22-15/h4-5,7-9,11,13H,3,6,10H2,1-2H3,(H,18,19)(H,20,21). The highest BCUT2D eigenvalue weighted by molar-refractivity contribution is 5.85. The van der Waals surface area contributed by atoms with E-state index in [2.05, 4.69) is 5.32 Å². The molecule has 2 rings (SSSR count). The maximum Gasteiger partial charge on any atom is 0.308 e. The highest BCUT2D eigenvalue weighted by atomic mass is 16.4. The molecule has 0 aliphatic rings. The SMILES string of the molecule is CCCC(CNC(=O)C(C)c1cc2ccccc2o1)C(=O)O. The second-order valence-corrected chi connectivity index (χ2v) is 5.48. The summed E-state index contributed by atoms with van der Waals surface area (Å²) < 4.78 is 5.68. The van der Waals surface area contributed by atoms with Crippen LogP contribution in [-0.2, 0) is 9.59 Å². The third kappa shape index (κ3) is 3.67. The summed E-state index contributed by atoms with van der Waals surface area (Å²) in [7, 11) is 0. The molecule has 0 saturated carbocycles. The zero-order chi connectivity index (χ0) is 16.1. The third-order valence-corrected chi connectivity index (χ3v) is 3.77. The largest absolute Gasteiger partial charge is 0.481 e. The number of carbonyl (C=O) groups excluding carboxylic acids is 1. The summed E-state index contributed by atoms with van der Waals surface area (Å²) in [6, 6.07) is 9.41. The number of hydrogen-bond acceptors (Lipinski definition) is 3. The first-order valence-corrected chi connectivity index (χ1v) is 7.52. The van der Waals surface area contributed by atoms with Gasteiger partial charge in [-0.15, -0.1) is 0 Å². The van der Waals surface area contributed by atoms with Crippen LogP contribution in [0, 0.1) is 5.92 Å². The second kappa shape index (κ2) is 7.11. The van der Waals surface area contributed by atoms with Gasteiger partial charge in [0.25, 0.3) is 0 Å². The zero-order valence-corrected chi connectivity index (χ0v) is 12.8. The molecule has 0 fully saturated rings. The van der Waals surface area contributed by atoms with Crippen LogP contribution < -0.4 is 5.32 Å². The van der Waals surface area contributed by atoms with E-state index in [1.807, 2.05) is 37.3 Å². The summed E-state index contributed by atoms with van der Waals surface area (Å²) >= 11 is 0. The Morgan fingerprint density at radius 1 is 1.32 bits per heavy atom. The number of benzene rings is 1. The van der Waals surface area contributed by atoms with Crippen molar-refractivity contribution in [2.75, 3.05) is 6.54 Å². The smallest absolute Gasteiger partial charge is 0.308 e. The number of aliphatic carboxylic acids is 1. The predicted octanol–water partition coefficient (Wildman–Crippen LogP) is 3.15. The minimum Gasteiger partial charge on any atom is -0.481 e. The Labute approximate surface area is 129 Å². The van der Waals surface area contributed by atoms with Crippen LogP contribution >= 0.6 is 0 Å². The molecular weight excluding hydrogens is 282 g/mol. The lowest BCUT2D eigenvalue weighted by Crippen LogP contribution is -2.35. The topological polar surface area (TPSA) is 79.5 Å². The Morgan fingerprint density at radius 2 is 2.05 bits per heavy atom. The van der Waals surface area contributed by atoms with Gasteiger partial charge in [-0.2, -0.15) is 0 Å². The Kier molecular flexibility index (Phi) is 5.20. The van der Waals surface area contributed by atoms with E-state index in [-0.39, 0.29) is 12.5 Å². The molecule has 118 valence electrons. The summed E-state index contributed by atoms with van der Waals surface area (Å²) in [5.41, 5.74) is 0.742. The Bertz CT molecular complexity index is 628. The van der Waals surface area contributed by atoms with Gasteiger partial charge in [-0.25, -0.2) is 0 Å². The van der Waals surface area contributed by atoms with Gasteiger partial charge in [0.05, 0.1) is 11.8 Å². The monoisotopic (exact) mass is 303 g/mol. The van der Waals surface area contributed by atoms with Crippen LogP contribution in [0.2, 0.25) is 0 Å². The Balaban J connectivity index is 2.00. The van der Waals surface area contributed by atoms with Crippen molar-refractivity contribution in [2.24, 2.45) is 5.92 Å². The highest BCUT2D eigenvalue weighted by Gasteiger charge is 2.22. The normalized spacial score (nSPS) is 13.7. The number of para-hydroxylation sites is 1. The average Bonchev–Trinajstić information content (AvgIpc) is 2.93. The summed E-state index contributed by atoms with van der Waals surface area (Å²) in [5, 5.41) is 12.8. The fourth-order valence-corrected chi connectivity index (χ4v) is 2.38. The molecule has 5 heteroatoms. The molecule has 2 atom stereocenters. The van der Waals surface area contributed by atoms with E-state index < -0.39 is 17.8 Å². The molecule has 1 aromatic carbocycles. The second-order valence-electron chi connectivity index (χ2n) is 5.48. The quantitative estimate of drug-likeness (QED) is 0.823. The van der Waals surface area contributed by atoms with E-state index in [0.717, 1.165) is 17.4 Å². The molecule has 0 bridgehead atoms. The molecule has 0 aliphatic carbocycles.